The van der Waals surface area contributed by atoms with Gasteiger partial charge in [-0.3, -0.25) is 4.79 Å². The fourth-order valence-electron chi connectivity index (χ4n) is 0.965. The Kier molecular flexibility index (Phi) is 9.29. The highest BCUT2D eigenvalue weighted by atomic mass is 31.1. The van der Waals surface area contributed by atoms with Crippen LogP contribution in [0.5, 0.6) is 0 Å². The third-order valence-corrected chi connectivity index (χ3v) is 2.55. The van der Waals surface area contributed by atoms with Gasteiger partial charge in [0.1, 0.15) is 6.61 Å². The molecular formula is C13H20O4P+. The van der Waals surface area contributed by atoms with Crippen molar-refractivity contribution in [1.82, 2.24) is 0 Å². The van der Waals surface area contributed by atoms with Crippen LogP contribution in [0.4, 0.5) is 0 Å². The molecule has 1 unspecified atom stereocenters. The van der Waals surface area contributed by atoms with Crippen molar-refractivity contribution in [3.8, 4) is 0 Å². The molecule has 0 saturated heterocycles. The van der Waals surface area contributed by atoms with Gasteiger partial charge < -0.3 is 0 Å². The van der Waals surface area contributed by atoms with Gasteiger partial charge in [-0.2, -0.15) is 0 Å². The average molecular weight is 271 g/mol. The second-order valence-electron chi connectivity index (χ2n) is 3.76. The lowest BCUT2D eigenvalue weighted by Crippen LogP contribution is -1.92. The van der Waals surface area contributed by atoms with Crippen LogP contribution in [0.15, 0.2) is 24.3 Å². The molecule has 0 amide bonds. The lowest BCUT2D eigenvalue weighted by atomic mass is 10.1. The first-order valence-electron chi connectivity index (χ1n) is 5.90. The summed E-state index contributed by atoms with van der Waals surface area (Å²) in [6.07, 6.45) is 2.64. The molecule has 0 aliphatic carbocycles. The van der Waals surface area contributed by atoms with Gasteiger partial charge in [-0.15, -0.1) is 9.42 Å². The zero-order valence-electron chi connectivity index (χ0n) is 11.0. The summed E-state index contributed by atoms with van der Waals surface area (Å²) in [7, 11) is -2.56. The predicted molar refractivity (Wildman–Crippen MR) is 71.6 cm³/mol. The number of ketones is 1. The van der Waals surface area contributed by atoms with Crippen molar-refractivity contribution in [2.24, 2.45) is 0 Å². The lowest BCUT2D eigenvalue weighted by Gasteiger charge is -1.97. The Hall–Kier alpha value is -1.09. The number of carbonyl (C=O) groups is 1. The van der Waals surface area contributed by atoms with Gasteiger partial charge >= 0.3 is 8.25 Å². The lowest BCUT2D eigenvalue weighted by molar-refractivity contribution is 0.101. The van der Waals surface area contributed by atoms with Crippen LogP contribution in [0.1, 0.15) is 49.5 Å². The van der Waals surface area contributed by atoms with Crippen LogP contribution in [-0.2, 0) is 15.7 Å². The van der Waals surface area contributed by atoms with E-state index < -0.39 is 8.25 Å². The fourth-order valence-corrected chi connectivity index (χ4v) is 1.22. The van der Waals surface area contributed by atoms with E-state index in [-0.39, 0.29) is 12.4 Å². The van der Waals surface area contributed by atoms with E-state index in [2.05, 4.69) is 18.4 Å². The van der Waals surface area contributed by atoms with Gasteiger partial charge in [0, 0.05) is 10.1 Å². The molecule has 0 aromatic heterocycles. The van der Waals surface area contributed by atoms with Crippen molar-refractivity contribution in [2.75, 3.05) is 0 Å². The number of hydrogen-bond acceptors (Lipinski definition) is 3. The summed E-state index contributed by atoms with van der Waals surface area (Å²) in [6, 6.07) is 6.70. The van der Waals surface area contributed by atoms with E-state index in [1.807, 2.05) is 0 Å². The van der Waals surface area contributed by atoms with Gasteiger partial charge in [0.15, 0.2) is 5.78 Å². The summed E-state index contributed by atoms with van der Waals surface area (Å²) in [4.78, 5) is 19.3. The van der Waals surface area contributed by atoms with Crippen LogP contribution in [-0.4, -0.2) is 10.7 Å². The first-order valence-corrected chi connectivity index (χ1v) is 7.03. The maximum Gasteiger partial charge on any atom is 0.695 e. The van der Waals surface area contributed by atoms with Gasteiger partial charge in [0.05, 0.1) is 0 Å². The van der Waals surface area contributed by atoms with E-state index in [4.69, 9.17) is 4.89 Å². The minimum atomic E-state index is -2.56. The molecule has 0 spiro atoms. The quantitative estimate of drug-likeness (QED) is 0.652. The van der Waals surface area contributed by atoms with Crippen LogP contribution in [0.3, 0.4) is 0 Å². The first-order chi connectivity index (χ1) is 8.51. The summed E-state index contributed by atoms with van der Waals surface area (Å²) in [5.41, 5.74) is 1.37. The van der Waals surface area contributed by atoms with E-state index >= 15 is 0 Å². The number of Topliss-reactive ketones (excluding diaryl/α,β-unsaturated/α-hetero) is 1. The molecule has 18 heavy (non-hydrogen) atoms. The van der Waals surface area contributed by atoms with Crippen LogP contribution in [0.25, 0.3) is 0 Å². The second-order valence-corrected chi connectivity index (χ2v) is 4.50. The van der Waals surface area contributed by atoms with Crippen LogP contribution < -0.4 is 0 Å². The number of rotatable bonds is 5. The van der Waals surface area contributed by atoms with E-state index in [0.717, 1.165) is 5.56 Å². The molecule has 1 rings (SSSR count). The Labute approximate surface area is 109 Å². The number of carbonyl (C=O) groups excluding carboxylic acids is 1. The highest BCUT2D eigenvalue weighted by molar-refractivity contribution is 7.32. The molecule has 1 N–H and O–H groups in total. The van der Waals surface area contributed by atoms with E-state index in [9.17, 15) is 9.36 Å². The summed E-state index contributed by atoms with van der Waals surface area (Å²) < 4.78 is 14.7. The molecule has 0 radical (unpaired) electrons. The summed E-state index contributed by atoms with van der Waals surface area (Å²) in [6.45, 7) is 5.92. The maximum atomic E-state index is 10.9. The second kappa shape index (κ2) is 9.89. The Balaban J connectivity index is 0.000000631. The maximum absolute atomic E-state index is 10.9. The standard InChI is InChI=1S/C9H9O4P.C4H10/c1-7(10)9-4-2-8(3-5-9)6-13-14(11)12;1-3-4-2/h2-5H,6H2,1H3;3-4H2,1-2H3/p+1. The zero-order chi connectivity index (χ0) is 14.0. The Morgan fingerprint density at radius 2 is 1.72 bits per heavy atom. The molecule has 0 aliphatic heterocycles. The third-order valence-electron chi connectivity index (χ3n) is 2.20. The van der Waals surface area contributed by atoms with Crippen molar-refractivity contribution in [3.63, 3.8) is 0 Å². The van der Waals surface area contributed by atoms with Gasteiger partial charge in [-0.1, -0.05) is 51.0 Å². The average Bonchev–Trinajstić information content (AvgIpc) is 2.37. The molecule has 1 aromatic rings. The normalized spacial score (nSPS) is 10.3. The summed E-state index contributed by atoms with van der Waals surface area (Å²) >= 11 is 0. The molecular weight excluding hydrogens is 251 g/mol. The van der Waals surface area contributed by atoms with E-state index in [1.54, 1.807) is 24.3 Å². The van der Waals surface area contributed by atoms with E-state index in [0.29, 0.717) is 5.56 Å². The molecule has 0 fully saturated rings. The van der Waals surface area contributed by atoms with Crippen molar-refractivity contribution in [3.05, 3.63) is 35.4 Å². The molecule has 5 heteroatoms. The van der Waals surface area contributed by atoms with Gasteiger partial charge in [0.25, 0.3) is 0 Å². The van der Waals surface area contributed by atoms with Crippen molar-refractivity contribution in [2.45, 2.75) is 40.2 Å². The Morgan fingerprint density at radius 3 is 2.06 bits per heavy atom. The minimum absolute atomic E-state index is 0.00861. The Bertz CT molecular complexity index is 371. The highest BCUT2D eigenvalue weighted by Gasteiger charge is 2.11. The molecule has 1 atom stereocenters. The van der Waals surface area contributed by atoms with Crippen molar-refractivity contribution >= 4 is 14.0 Å². The zero-order valence-corrected chi connectivity index (χ0v) is 11.9. The molecule has 100 valence electrons. The van der Waals surface area contributed by atoms with Gasteiger partial charge in [-0.25, -0.2) is 0 Å². The monoisotopic (exact) mass is 271 g/mol. The summed E-state index contributed by atoms with van der Waals surface area (Å²) in [5.74, 6) is -0.00861. The number of benzene rings is 1. The largest absolute Gasteiger partial charge is 0.695 e. The molecule has 0 aliphatic rings. The molecule has 0 heterocycles. The smallest absolute Gasteiger partial charge is 0.295 e. The number of hydrogen-bond donors (Lipinski definition) is 1. The molecule has 0 saturated carbocycles. The number of unbranched alkanes of at least 4 members (excludes halogenated alkanes) is 1. The molecule has 4 nitrogen and oxygen atoms in total. The summed E-state index contributed by atoms with van der Waals surface area (Å²) in [5, 5.41) is 0. The molecule has 1 aromatic carbocycles. The van der Waals surface area contributed by atoms with Gasteiger partial charge in [-0.05, 0) is 12.5 Å². The minimum Gasteiger partial charge on any atom is -0.295 e. The van der Waals surface area contributed by atoms with Crippen LogP contribution in [0, 0.1) is 0 Å². The topological polar surface area (TPSA) is 63.6 Å². The highest BCUT2D eigenvalue weighted by Crippen LogP contribution is 2.18. The van der Waals surface area contributed by atoms with Crippen LogP contribution >= 0.6 is 8.25 Å². The first kappa shape index (κ1) is 16.9. The predicted octanol–water partition coefficient (Wildman–Crippen LogP) is 3.86. The van der Waals surface area contributed by atoms with E-state index in [1.165, 1.54) is 19.8 Å². The third kappa shape index (κ3) is 8.07. The fraction of sp³-hybridized carbons (Fsp3) is 0.462. The van der Waals surface area contributed by atoms with Crippen LogP contribution in [0.2, 0.25) is 0 Å². The molecule has 0 bridgehead atoms. The Morgan fingerprint density at radius 1 is 1.22 bits per heavy atom. The van der Waals surface area contributed by atoms with Crippen molar-refractivity contribution in [1.29, 1.82) is 0 Å². The van der Waals surface area contributed by atoms with Crippen molar-refractivity contribution < 1.29 is 18.8 Å². The SMILES string of the molecule is CC(=O)c1ccc(CO[P+](=O)O)cc1.CCCC. The van der Waals surface area contributed by atoms with Gasteiger partial charge in [0.2, 0.25) is 0 Å².